The summed E-state index contributed by atoms with van der Waals surface area (Å²) in [5.74, 6) is -1.67. The van der Waals surface area contributed by atoms with Gasteiger partial charge in [-0.15, -0.1) is 0 Å². The van der Waals surface area contributed by atoms with Crippen LogP contribution >= 0.6 is 0 Å². The summed E-state index contributed by atoms with van der Waals surface area (Å²) in [6, 6.07) is 13.0. The molecule has 170 valence electrons. The largest absolute Gasteiger partial charge is 0.438 e. The molecule has 2 heterocycles. The summed E-state index contributed by atoms with van der Waals surface area (Å²) < 4.78 is 46.9. The normalized spacial score (nSPS) is 16.0. The van der Waals surface area contributed by atoms with Crippen molar-refractivity contribution < 1.29 is 32.4 Å². The molecule has 7 nitrogen and oxygen atoms in total. The molecular weight excluding hydrogens is 439 g/mol. The Morgan fingerprint density at radius 1 is 1.06 bits per heavy atom. The fraction of sp³-hybridized carbons (Fsp3) is 0.174. The van der Waals surface area contributed by atoms with E-state index in [4.69, 9.17) is 9.62 Å². The number of hydroxylamine groups is 1. The minimum atomic E-state index is -4.80. The zero-order valence-corrected chi connectivity index (χ0v) is 17.2. The molecule has 2 atom stereocenters. The minimum absolute atomic E-state index is 0.0407. The SMILES string of the molecule is CC1C(C(=O)N[C@@H](c2ccc(C(=O)NO)cc2)C(F)(F)F)=Nc2oc(-c3ccccc3)cc21. The second-order valence-electron chi connectivity index (χ2n) is 7.47. The van der Waals surface area contributed by atoms with Crippen molar-refractivity contribution in [2.75, 3.05) is 0 Å². The van der Waals surface area contributed by atoms with Gasteiger partial charge in [-0.05, 0) is 23.8 Å². The highest BCUT2D eigenvalue weighted by atomic mass is 19.4. The fourth-order valence-corrected chi connectivity index (χ4v) is 3.59. The van der Waals surface area contributed by atoms with E-state index in [0.717, 1.165) is 29.8 Å². The van der Waals surface area contributed by atoms with Crippen LogP contribution in [0.25, 0.3) is 11.3 Å². The number of halogens is 3. The molecule has 0 bridgehead atoms. The first-order valence-corrected chi connectivity index (χ1v) is 9.88. The Morgan fingerprint density at radius 2 is 1.73 bits per heavy atom. The van der Waals surface area contributed by atoms with E-state index < -0.39 is 30.0 Å². The van der Waals surface area contributed by atoms with Crippen molar-refractivity contribution in [1.29, 1.82) is 0 Å². The maximum atomic E-state index is 13.7. The van der Waals surface area contributed by atoms with Crippen LogP contribution in [0, 0.1) is 0 Å². The van der Waals surface area contributed by atoms with E-state index in [0.29, 0.717) is 11.3 Å². The van der Waals surface area contributed by atoms with E-state index in [1.807, 2.05) is 35.6 Å². The molecule has 3 N–H and O–H groups in total. The molecule has 0 radical (unpaired) electrons. The zero-order chi connectivity index (χ0) is 23.8. The monoisotopic (exact) mass is 457 g/mol. The maximum Gasteiger partial charge on any atom is 0.412 e. The third-order valence-electron chi connectivity index (χ3n) is 5.34. The molecule has 1 unspecified atom stereocenters. The molecule has 1 aromatic heterocycles. The van der Waals surface area contributed by atoms with E-state index >= 15 is 0 Å². The van der Waals surface area contributed by atoms with Gasteiger partial charge in [0.2, 0.25) is 5.88 Å². The first kappa shape index (κ1) is 22.3. The Balaban J connectivity index is 1.56. The topological polar surface area (TPSA) is 104 Å². The summed E-state index contributed by atoms with van der Waals surface area (Å²) in [4.78, 5) is 28.3. The number of carbonyl (C=O) groups excluding carboxylic acids is 2. The van der Waals surface area contributed by atoms with Crippen LogP contribution in [0.5, 0.6) is 0 Å². The van der Waals surface area contributed by atoms with Gasteiger partial charge >= 0.3 is 6.18 Å². The molecule has 0 aliphatic carbocycles. The van der Waals surface area contributed by atoms with Crippen LogP contribution in [0.3, 0.4) is 0 Å². The summed E-state index contributed by atoms with van der Waals surface area (Å²) in [6.45, 7) is 1.67. The van der Waals surface area contributed by atoms with Crippen LogP contribution in [0.1, 0.15) is 40.4 Å². The van der Waals surface area contributed by atoms with Crippen molar-refractivity contribution in [1.82, 2.24) is 10.8 Å². The molecular formula is C23H18F3N3O4. The van der Waals surface area contributed by atoms with Gasteiger partial charge in [-0.1, -0.05) is 49.4 Å². The molecule has 2 amide bonds. The summed E-state index contributed by atoms with van der Waals surface area (Å²) >= 11 is 0. The number of alkyl halides is 3. The molecule has 3 aromatic rings. The minimum Gasteiger partial charge on any atom is -0.438 e. The lowest BCUT2D eigenvalue weighted by Crippen LogP contribution is -2.42. The summed E-state index contributed by atoms with van der Waals surface area (Å²) in [7, 11) is 0. The van der Waals surface area contributed by atoms with Crippen LogP contribution < -0.4 is 10.8 Å². The van der Waals surface area contributed by atoms with Crippen LogP contribution in [-0.2, 0) is 4.79 Å². The van der Waals surface area contributed by atoms with Gasteiger partial charge in [0.15, 0.2) is 6.04 Å². The molecule has 2 aromatic carbocycles. The van der Waals surface area contributed by atoms with Crippen molar-refractivity contribution >= 4 is 23.4 Å². The van der Waals surface area contributed by atoms with E-state index in [1.165, 1.54) is 5.48 Å². The average Bonchev–Trinajstić information content (AvgIpc) is 3.36. The Kier molecular flexibility index (Phi) is 5.77. The number of benzene rings is 2. The van der Waals surface area contributed by atoms with Crippen LogP contribution in [0.2, 0.25) is 0 Å². The zero-order valence-electron chi connectivity index (χ0n) is 17.2. The Labute approximate surface area is 185 Å². The number of hydrogen-bond donors (Lipinski definition) is 3. The standard InChI is InChI=1S/C23H18F3N3O4/c1-12-16-11-17(13-5-3-2-4-6-13)33-22(16)27-18(12)21(31)28-19(23(24,25)26)14-7-9-15(10-8-14)20(30)29-32/h2-12,19,32H,1H3,(H,28,31)(H,29,30)/t12?,19-/m0/s1. The molecule has 1 aliphatic heterocycles. The molecule has 0 saturated carbocycles. The van der Waals surface area contributed by atoms with Gasteiger partial charge in [-0.2, -0.15) is 13.2 Å². The Hall–Kier alpha value is -3.92. The number of hydrogen-bond acceptors (Lipinski definition) is 5. The molecule has 1 aliphatic rings. The number of nitrogens with zero attached hydrogens (tertiary/aromatic N) is 1. The number of nitrogens with one attached hydrogen (secondary N) is 2. The number of carbonyl (C=O) groups is 2. The van der Waals surface area contributed by atoms with Crippen molar-refractivity contribution in [3.63, 3.8) is 0 Å². The molecule has 10 heteroatoms. The number of amides is 2. The van der Waals surface area contributed by atoms with Gasteiger partial charge in [-0.25, -0.2) is 10.5 Å². The first-order chi connectivity index (χ1) is 15.7. The lowest BCUT2D eigenvalue weighted by atomic mass is 9.98. The van der Waals surface area contributed by atoms with Crippen LogP contribution in [0.4, 0.5) is 19.1 Å². The highest BCUT2D eigenvalue weighted by Gasteiger charge is 2.43. The van der Waals surface area contributed by atoms with Crippen molar-refractivity contribution in [3.05, 3.63) is 77.4 Å². The quantitative estimate of drug-likeness (QED) is 0.382. The summed E-state index contributed by atoms with van der Waals surface area (Å²) in [5.41, 5.74) is 2.42. The number of rotatable bonds is 5. The molecule has 0 fully saturated rings. The second kappa shape index (κ2) is 8.55. The number of aliphatic imine (C=N–C) groups is 1. The smallest absolute Gasteiger partial charge is 0.412 e. The lowest BCUT2D eigenvalue weighted by molar-refractivity contribution is -0.161. The van der Waals surface area contributed by atoms with Crippen molar-refractivity contribution in [3.8, 4) is 11.3 Å². The molecule has 0 saturated heterocycles. The highest BCUT2D eigenvalue weighted by Crippen LogP contribution is 2.41. The molecule has 4 rings (SSSR count). The van der Waals surface area contributed by atoms with Gasteiger partial charge < -0.3 is 9.73 Å². The Bertz CT molecular complexity index is 1220. The number of fused-ring (bicyclic) bond motifs is 1. The van der Waals surface area contributed by atoms with E-state index in [-0.39, 0.29) is 22.7 Å². The second-order valence-corrected chi connectivity index (χ2v) is 7.47. The van der Waals surface area contributed by atoms with Gasteiger partial charge in [-0.3, -0.25) is 14.8 Å². The van der Waals surface area contributed by atoms with Crippen molar-refractivity contribution in [2.24, 2.45) is 4.99 Å². The van der Waals surface area contributed by atoms with Crippen LogP contribution in [-0.4, -0.2) is 28.9 Å². The fourth-order valence-electron chi connectivity index (χ4n) is 3.59. The third-order valence-corrected chi connectivity index (χ3v) is 5.34. The predicted octanol–water partition coefficient (Wildman–Crippen LogP) is 4.68. The lowest BCUT2D eigenvalue weighted by Gasteiger charge is -2.23. The molecule has 0 spiro atoms. The van der Waals surface area contributed by atoms with Gasteiger partial charge in [0.1, 0.15) is 11.5 Å². The Morgan fingerprint density at radius 3 is 2.30 bits per heavy atom. The van der Waals surface area contributed by atoms with Gasteiger partial charge in [0.25, 0.3) is 11.8 Å². The summed E-state index contributed by atoms with van der Waals surface area (Å²) in [5, 5.41) is 10.6. The summed E-state index contributed by atoms with van der Waals surface area (Å²) in [6.07, 6.45) is -4.80. The van der Waals surface area contributed by atoms with Crippen LogP contribution in [0.15, 0.2) is 70.1 Å². The van der Waals surface area contributed by atoms with Crippen molar-refractivity contribution in [2.45, 2.75) is 25.1 Å². The number of furan rings is 1. The van der Waals surface area contributed by atoms with E-state index in [1.54, 1.807) is 13.0 Å². The first-order valence-electron chi connectivity index (χ1n) is 9.88. The molecule has 33 heavy (non-hydrogen) atoms. The average molecular weight is 457 g/mol. The van der Waals surface area contributed by atoms with E-state index in [2.05, 4.69) is 4.99 Å². The predicted molar refractivity (Wildman–Crippen MR) is 112 cm³/mol. The van der Waals surface area contributed by atoms with Gasteiger partial charge in [0, 0.05) is 22.6 Å². The maximum absolute atomic E-state index is 13.7. The van der Waals surface area contributed by atoms with Gasteiger partial charge in [0.05, 0.1) is 0 Å². The highest BCUT2D eigenvalue weighted by molar-refractivity contribution is 6.42. The third kappa shape index (κ3) is 4.37. The van der Waals surface area contributed by atoms with E-state index in [9.17, 15) is 22.8 Å².